The van der Waals surface area contributed by atoms with E-state index in [0.29, 0.717) is 18.6 Å². The molecule has 2 aromatic carbocycles. The zero-order valence-corrected chi connectivity index (χ0v) is 25.2. The molecule has 1 aliphatic rings. The third-order valence-corrected chi connectivity index (χ3v) is 8.59. The summed E-state index contributed by atoms with van der Waals surface area (Å²) in [6, 6.07) is 13.0. The number of aryl methyl sites for hydroxylation is 1. The van der Waals surface area contributed by atoms with Crippen LogP contribution in [0.5, 0.6) is 0 Å². The molecular formula is C33H42N2O5S. The van der Waals surface area contributed by atoms with E-state index in [1.807, 2.05) is 55.6 Å². The Bertz CT molecular complexity index is 1260. The maximum Gasteiger partial charge on any atom is 0.328 e. The van der Waals surface area contributed by atoms with Crippen LogP contribution in [-0.2, 0) is 20.9 Å². The first-order valence-electron chi connectivity index (χ1n) is 14.6. The molecule has 41 heavy (non-hydrogen) atoms. The van der Waals surface area contributed by atoms with Crippen molar-refractivity contribution >= 4 is 23.6 Å². The van der Waals surface area contributed by atoms with E-state index in [1.165, 1.54) is 45.6 Å². The summed E-state index contributed by atoms with van der Waals surface area (Å²) in [5, 5.41) is 2.91. The normalized spacial score (nSPS) is 15.3. The number of esters is 1. The molecule has 220 valence electrons. The Hall–Kier alpha value is -3.10. The lowest BCUT2D eigenvalue weighted by atomic mass is 9.85. The van der Waals surface area contributed by atoms with Crippen LogP contribution in [0.2, 0.25) is 0 Å². The van der Waals surface area contributed by atoms with E-state index in [1.54, 1.807) is 18.0 Å². The molecule has 1 amide bonds. The van der Waals surface area contributed by atoms with Crippen LogP contribution in [0, 0.1) is 12.8 Å². The van der Waals surface area contributed by atoms with E-state index in [0.717, 1.165) is 52.5 Å². The minimum atomic E-state index is -0.709. The minimum Gasteiger partial charge on any atom is -0.467 e. The van der Waals surface area contributed by atoms with E-state index in [4.69, 9.17) is 13.9 Å². The van der Waals surface area contributed by atoms with Gasteiger partial charge in [-0.25, -0.2) is 9.78 Å². The molecule has 1 fully saturated rings. The second-order valence-electron chi connectivity index (χ2n) is 10.8. The van der Waals surface area contributed by atoms with Crippen LogP contribution in [0.1, 0.15) is 84.7 Å². The molecule has 8 heteroatoms. The number of rotatable bonds is 14. The van der Waals surface area contributed by atoms with E-state index >= 15 is 0 Å². The van der Waals surface area contributed by atoms with Gasteiger partial charge in [-0.2, -0.15) is 11.8 Å². The Labute approximate surface area is 247 Å². The van der Waals surface area contributed by atoms with Gasteiger partial charge >= 0.3 is 5.97 Å². The molecule has 1 aliphatic carbocycles. The summed E-state index contributed by atoms with van der Waals surface area (Å²) in [6.07, 6.45) is 14.0. The van der Waals surface area contributed by atoms with Crippen molar-refractivity contribution < 1.29 is 23.5 Å². The smallest absolute Gasteiger partial charge is 0.328 e. The van der Waals surface area contributed by atoms with E-state index in [-0.39, 0.29) is 12.0 Å². The lowest BCUT2D eigenvalue weighted by molar-refractivity contribution is -0.142. The van der Waals surface area contributed by atoms with Gasteiger partial charge in [0.2, 0.25) is 0 Å². The lowest BCUT2D eigenvalue weighted by Gasteiger charge is -2.24. The maximum atomic E-state index is 13.5. The Morgan fingerprint density at radius 2 is 1.90 bits per heavy atom. The van der Waals surface area contributed by atoms with Gasteiger partial charge in [-0.15, -0.1) is 0 Å². The van der Waals surface area contributed by atoms with Crippen molar-refractivity contribution in [2.75, 3.05) is 19.1 Å². The van der Waals surface area contributed by atoms with E-state index < -0.39 is 12.0 Å². The Balaban J connectivity index is 1.55. The highest BCUT2D eigenvalue weighted by molar-refractivity contribution is 7.98. The van der Waals surface area contributed by atoms with Gasteiger partial charge in [0.25, 0.3) is 5.91 Å². The largest absolute Gasteiger partial charge is 0.467 e. The van der Waals surface area contributed by atoms with Gasteiger partial charge in [0.1, 0.15) is 12.1 Å². The molecule has 0 saturated heterocycles. The van der Waals surface area contributed by atoms with Crippen LogP contribution in [0.15, 0.2) is 59.5 Å². The van der Waals surface area contributed by atoms with Crippen molar-refractivity contribution in [3.63, 3.8) is 0 Å². The van der Waals surface area contributed by atoms with Crippen molar-refractivity contribution in [3.05, 3.63) is 77.5 Å². The van der Waals surface area contributed by atoms with E-state index in [9.17, 15) is 9.59 Å². The molecule has 2 atom stereocenters. The fraction of sp³-hybridized carbons (Fsp3) is 0.485. The summed E-state index contributed by atoms with van der Waals surface area (Å²) in [4.78, 5) is 30.0. The molecule has 1 aromatic heterocycles. The third-order valence-electron chi connectivity index (χ3n) is 7.95. The standard InChI is InChI=1S/C33H42N2O5S/c1-23-9-7-8-12-26(23)28-19-25(13-15-27(28)32(36)35-29(17-18-41-3)33(37)38-2)21-39-30(31-20-34-22-40-31)16-14-24-10-5-4-6-11-24/h7-9,12-13,15,19-20,22,24,29-30H,4-6,10-11,14,16-18,21H2,1-3H3,(H,35,36)/t29-,30?/m0/s1. The number of hydrogen-bond acceptors (Lipinski definition) is 7. The summed E-state index contributed by atoms with van der Waals surface area (Å²) >= 11 is 1.62. The van der Waals surface area contributed by atoms with Crippen molar-refractivity contribution in [3.8, 4) is 11.1 Å². The van der Waals surface area contributed by atoms with E-state index in [2.05, 4.69) is 10.3 Å². The van der Waals surface area contributed by atoms with Gasteiger partial charge in [0.15, 0.2) is 12.2 Å². The second-order valence-corrected chi connectivity index (χ2v) is 11.8. The average Bonchev–Trinajstić information content (AvgIpc) is 3.54. The molecule has 3 aromatic rings. The lowest BCUT2D eigenvalue weighted by Crippen LogP contribution is -2.42. The highest BCUT2D eigenvalue weighted by Crippen LogP contribution is 2.33. The highest BCUT2D eigenvalue weighted by Gasteiger charge is 2.25. The third kappa shape index (κ3) is 8.69. The fourth-order valence-corrected chi connectivity index (χ4v) is 6.06. The first kappa shape index (κ1) is 30.8. The first-order valence-corrected chi connectivity index (χ1v) is 16.0. The molecule has 0 bridgehead atoms. The quantitative estimate of drug-likeness (QED) is 0.201. The number of aromatic nitrogens is 1. The van der Waals surface area contributed by atoms with Crippen LogP contribution in [-0.4, -0.2) is 42.0 Å². The summed E-state index contributed by atoms with van der Waals surface area (Å²) < 4.78 is 17.0. The van der Waals surface area contributed by atoms with Crippen LogP contribution >= 0.6 is 11.8 Å². The molecule has 0 aliphatic heterocycles. The van der Waals surface area contributed by atoms with Gasteiger partial charge in [-0.1, -0.05) is 62.4 Å². The SMILES string of the molecule is COC(=O)[C@H](CCSC)NC(=O)c1ccc(COC(CCC2CCCCC2)c2cnco2)cc1-c1ccccc1C. The fourth-order valence-electron chi connectivity index (χ4n) is 5.59. The van der Waals surface area contributed by atoms with Gasteiger partial charge < -0.3 is 19.2 Å². The monoisotopic (exact) mass is 578 g/mol. The summed E-state index contributed by atoms with van der Waals surface area (Å²) in [7, 11) is 1.34. The van der Waals surface area contributed by atoms with Crippen LogP contribution < -0.4 is 5.32 Å². The number of nitrogens with zero attached hydrogens (tertiary/aromatic N) is 1. The Morgan fingerprint density at radius 3 is 2.61 bits per heavy atom. The molecule has 0 spiro atoms. The molecule has 4 rings (SSSR count). The van der Waals surface area contributed by atoms with Crippen LogP contribution in [0.4, 0.5) is 0 Å². The number of carbonyl (C=O) groups is 2. The summed E-state index contributed by atoms with van der Waals surface area (Å²) in [5.41, 5.74) is 4.27. The second kappa shape index (κ2) is 15.8. The predicted octanol–water partition coefficient (Wildman–Crippen LogP) is 7.29. The number of benzene rings is 2. The topological polar surface area (TPSA) is 90.7 Å². The average molecular weight is 579 g/mol. The molecule has 0 radical (unpaired) electrons. The first-order chi connectivity index (χ1) is 20.0. The number of thioether (sulfide) groups is 1. The number of carbonyl (C=O) groups excluding carboxylic acids is 2. The number of hydrogen-bond donors (Lipinski definition) is 1. The van der Waals surface area contributed by atoms with Crippen molar-refractivity contribution in [2.24, 2.45) is 5.92 Å². The van der Waals surface area contributed by atoms with Gasteiger partial charge in [-0.05, 0) is 78.5 Å². The van der Waals surface area contributed by atoms with Crippen LogP contribution in [0.3, 0.4) is 0 Å². The zero-order valence-electron chi connectivity index (χ0n) is 24.4. The molecule has 1 heterocycles. The Morgan fingerprint density at radius 1 is 1.10 bits per heavy atom. The number of amides is 1. The summed E-state index contributed by atoms with van der Waals surface area (Å²) in [6.45, 7) is 2.40. The predicted molar refractivity (Wildman–Crippen MR) is 163 cm³/mol. The summed E-state index contributed by atoms with van der Waals surface area (Å²) in [5.74, 6) is 1.47. The molecule has 1 unspecified atom stereocenters. The van der Waals surface area contributed by atoms with Crippen molar-refractivity contribution in [1.82, 2.24) is 10.3 Å². The number of nitrogens with one attached hydrogen (secondary N) is 1. The highest BCUT2D eigenvalue weighted by atomic mass is 32.2. The maximum absolute atomic E-state index is 13.5. The number of ether oxygens (including phenoxy) is 2. The van der Waals surface area contributed by atoms with Gasteiger partial charge in [0, 0.05) is 5.56 Å². The van der Waals surface area contributed by atoms with Gasteiger partial charge in [0.05, 0.1) is 19.9 Å². The van der Waals surface area contributed by atoms with Crippen molar-refractivity contribution in [1.29, 1.82) is 0 Å². The van der Waals surface area contributed by atoms with Crippen LogP contribution in [0.25, 0.3) is 11.1 Å². The van der Waals surface area contributed by atoms with Gasteiger partial charge in [-0.3, -0.25) is 4.79 Å². The Kier molecular flexibility index (Phi) is 11.9. The molecule has 1 N–H and O–H groups in total. The minimum absolute atomic E-state index is 0.179. The van der Waals surface area contributed by atoms with Crippen molar-refractivity contribution in [2.45, 2.75) is 77.0 Å². The molecule has 1 saturated carbocycles. The number of oxazole rings is 1. The molecule has 7 nitrogen and oxygen atoms in total. The number of methoxy groups -OCH3 is 1. The molecular weight excluding hydrogens is 536 g/mol. The zero-order chi connectivity index (χ0) is 29.0.